The standard InChI is InChI=1S/C17H18F6N2O4/c1-28-8-13(10-2-3-10)25(14(26)15(27)29-9-16(18,19)20)7-12-5-4-11(6-24-12)17(21,22)23/h4-6,10,13H,2-3,7-9H2,1H3/t13-/m0/s1. The third-order valence-corrected chi connectivity index (χ3v) is 4.19. The smallest absolute Gasteiger partial charge is 0.422 e. The van der Waals surface area contributed by atoms with E-state index >= 15 is 0 Å². The molecule has 162 valence electrons. The average Bonchev–Trinajstić information content (AvgIpc) is 3.46. The molecule has 1 heterocycles. The number of esters is 1. The van der Waals surface area contributed by atoms with E-state index in [0.29, 0.717) is 19.0 Å². The molecule has 0 aliphatic heterocycles. The van der Waals surface area contributed by atoms with Crippen molar-refractivity contribution in [2.24, 2.45) is 5.92 Å². The maximum Gasteiger partial charge on any atom is 0.422 e. The zero-order chi connectivity index (χ0) is 21.8. The highest BCUT2D eigenvalue weighted by atomic mass is 19.4. The second-order valence-electron chi connectivity index (χ2n) is 6.52. The normalized spacial score (nSPS) is 15.7. The molecule has 0 aromatic carbocycles. The molecule has 6 nitrogen and oxygen atoms in total. The van der Waals surface area contributed by atoms with E-state index in [1.165, 1.54) is 7.11 Å². The van der Waals surface area contributed by atoms with Crippen molar-refractivity contribution >= 4 is 11.9 Å². The number of nitrogens with zero attached hydrogens (tertiary/aromatic N) is 2. The first-order valence-electron chi connectivity index (χ1n) is 8.48. The number of hydrogen-bond acceptors (Lipinski definition) is 5. The van der Waals surface area contributed by atoms with E-state index in [1.807, 2.05) is 0 Å². The first-order valence-corrected chi connectivity index (χ1v) is 8.48. The second kappa shape index (κ2) is 8.97. The molecule has 1 aliphatic carbocycles. The van der Waals surface area contributed by atoms with Crippen LogP contribution in [0.2, 0.25) is 0 Å². The fourth-order valence-corrected chi connectivity index (χ4v) is 2.66. The summed E-state index contributed by atoms with van der Waals surface area (Å²) in [7, 11) is 1.34. The molecular weight excluding hydrogens is 410 g/mol. The highest BCUT2D eigenvalue weighted by molar-refractivity contribution is 6.32. The van der Waals surface area contributed by atoms with Gasteiger partial charge in [-0.05, 0) is 30.9 Å². The number of carbonyl (C=O) groups is 2. The molecule has 2 rings (SSSR count). The molecule has 1 fully saturated rings. The number of ether oxygens (including phenoxy) is 2. The van der Waals surface area contributed by atoms with Gasteiger partial charge in [0.2, 0.25) is 0 Å². The first kappa shape index (κ1) is 22.9. The third-order valence-electron chi connectivity index (χ3n) is 4.19. The minimum atomic E-state index is -4.81. The average molecular weight is 428 g/mol. The Labute approximate surface area is 161 Å². The van der Waals surface area contributed by atoms with Gasteiger partial charge in [0.25, 0.3) is 0 Å². The monoisotopic (exact) mass is 428 g/mol. The number of halogens is 6. The molecule has 0 radical (unpaired) electrons. The summed E-state index contributed by atoms with van der Waals surface area (Å²) >= 11 is 0. The Kier molecular flexibility index (Phi) is 7.09. The van der Waals surface area contributed by atoms with Gasteiger partial charge in [0.1, 0.15) is 0 Å². The van der Waals surface area contributed by atoms with Crippen LogP contribution in [0.1, 0.15) is 24.1 Å². The van der Waals surface area contributed by atoms with Crippen molar-refractivity contribution in [3.8, 4) is 0 Å². The minimum Gasteiger partial charge on any atom is -0.449 e. The Morgan fingerprint density at radius 3 is 2.31 bits per heavy atom. The molecule has 0 spiro atoms. The van der Waals surface area contributed by atoms with Gasteiger partial charge in [0.05, 0.1) is 30.5 Å². The van der Waals surface area contributed by atoms with Crippen molar-refractivity contribution < 1.29 is 45.4 Å². The summed E-state index contributed by atoms with van der Waals surface area (Å²) in [5.74, 6) is -3.11. The van der Waals surface area contributed by atoms with Crippen LogP contribution in [-0.4, -0.2) is 54.3 Å². The summed E-state index contributed by atoms with van der Waals surface area (Å²) in [6.45, 7) is -2.32. The van der Waals surface area contributed by atoms with Gasteiger partial charge >= 0.3 is 24.2 Å². The Balaban J connectivity index is 2.20. The number of hydrogen-bond donors (Lipinski definition) is 0. The van der Waals surface area contributed by atoms with E-state index in [-0.39, 0.29) is 24.8 Å². The maximum absolute atomic E-state index is 12.7. The van der Waals surface area contributed by atoms with Crippen LogP contribution >= 0.6 is 0 Å². The van der Waals surface area contributed by atoms with Gasteiger partial charge in [-0.15, -0.1) is 0 Å². The van der Waals surface area contributed by atoms with Crippen molar-refractivity contribution in [2.75, 3.05) is 20.3 Å². The molecule has 12 heteroatoms. The topological polar surface area (TPSA) is 68.7 Å². The molecule has 0 saturated heterocycles. The van der Waals surface area contributed by atoms with E-state index in [4.69, 9.17) is 4.74 Å². The molecule has 1 aromatic rings. The summed E-state index contributed by atoms with van der Waals surface area (Å²) in [5, 5.41) is 0. The van der Waals surface area contributed by atoms with Gasteiger partial charge in [0.15, 0.2) is 6.61 Å². The minimum absolute atomic E-state index is 0.0103. The zero-order valence-corrected chi connectivity index (χ0v) is 15.2. The van der Waals surface area contributed by atoms with Crippen molar-refractivity contribution in [1.82, 2.24) is 9.88 Å². The molecule has 0 N–H and O–H groups in total. The molecule has 29 heavy (non-hydrogen) atoms. The van der Waals surface area contributed by atoms with Crippen LogP contribution in [0.25, 0.3) is 0 Å². The lowest BCUT2D eigenvalue weighted by Gasteiger charge is -2.30. The van der Waals surface area contributed by atoms with Gasteiger partial charge in [-0.3, -0.25) is 9.78 Å². The Morgan fingerprint density at radius 2 is 1.86 bits per heavy atom. The van der Waals surface area contributed by atoms with Gasteiger partial charge < -0.3 is 14.4 Å². The van der Waals surface area contributed by atoms with E-state index in [9.17, 15) is 35.9 Å². The van der Waals surface area contributed by atoms with Gasteiger partial charge in [-0.25, -0.2) is 4.79 Å². The molecule has 1 aromatic heterocycles. The predicted octanol–water partition coefficient (Wildman–Crippen LogP) is 2.96. The zero-order valence-electron chi connectivity index (χ0n) is 15.2. The SMILES string of the molecule is COC[C@@H](C1CC1)N(Cc1ccc(C(F)(F)F)cn1)C(=O)C(=O)OCC(F)(F)F. The van der Waals surface area contributed by atoms with Gasteiger partial charge in [-0.1, -0.05) is 0 Å². The highest BCUT2D eigenvalue weighted by Gasteiger charge is 2.41. The van der Waals surface area contributed by atoms with E-state index in [0.717, 1.165) is 17.0 Å². The molecule has 1 atom stereocenters. The molecule has 0 unspecified atom stereocenters. The number of methoxy groups -OCH3 is 1. The second-order valence-corrected chi connectivity index (χ2v) is 6.52. The van der Waals surface area contributed by atoms with Crippen LogP contribution in [0.3, 0.4) is 0 Å². The van der Waals surface area contributed by atoms with Crippen LogP contribution in [0, 0.1) is 5.92 Å². The van der Waals surface area contributed by atoms with Crippen molar-refractivity contribution in [3.05, 3.63) is 29.6 Å². The summed E-state index contributed by atoms with van der Waals surface area (Å²) in [6, 6.07) is 1.13. The van der Waals surface area contributed by atoms with Crippen molar-refractivity contribution in [3.63, 3.8) is 0 Å². The Morgan fingerprint density at radius 1 is 1.21 bits per heavy atom. The van der Waals surface area contributed by atoms with Crippen LogP contribution in [0.5, 0.6) is 0 Å². The fraction of sp³-hybridized carbons (Fsp3) is 0.588. The Hall–Kier alpha value is -2.37. The number of pyridine rings is 1. The quantitative estimate of drug-likeness (QED) is 0.380. The summed E-state index contributed by atoms with van der Waals surface area (Å²) < 4.78 is 83.8. The highest BCUT2D eigenvalue weighted by Crippen LogP contribution is 2.36. The number of aromatic nitrogens is 1. The van der Waals surface area contributed by atoms with E-state index in [2.05, 4.69) is 9.72 Å². The molecule has 1 aliphatic rings. The molecular formula is C17H18F6N2O4. The van der Waals surface area contributed by atoms with Crippen LogP contribution in [-0.2, 0) is 31.8 Å². The van der Waals surface area contributed by atoms with Gasteiger partial charge in [0, 0.05) is 13.3 Å². The van der Waals surface area contributed by atoms with Crippen LogP contribution < -0.4 is 0 Å². The largest absolute Gasteiger partial charge is 0.449 e. The number of amides is 1. The lowest BCUT2D eigenvalue weighted by molar-refractivity contribution is -0.190. The predicted molar refractivity (Wildman–Crippen MR) is 85.2 cm³/mol. The molecule has 1 saturated carbocycles. The van der Waals surface area contributed by atoms with Crippen LogP contribution in [0.15, 0.2) is 18.3 Å². The fourth-order valence-electron chi connectivity index (χ4n) is 2.66. The summed E-state index contributed by atoms with van der Waals surface area (Å²) in [5.41, 5.74) is -0.976. The number of rotatable bonds is 7. The molecule has 1 amide bonds. The van der Waals surface area contributed by atoms with Crippen molar-refractivity contribution in [2.45, 2.75) is 37.8 Å². The lowest BCUT2D eigenvalue weighted by atomic mass is 10.1. The number of carbonyl (C=O) groups excluding carboxylic acids is 2. The summed E-state index contributed by atoms with van der Waals surface area (Å²) in [4.78, 5) is 28.9. The Bertz CT molecular complexity index is 716. The molecule has 0 bridgehead atoms. The number of alkyl halides is 6. The summed E-state index contributed by atoms with van der Waals surface area (Å²) in [6.07, 6.45) is -7.43. The maximum atomic E-state index is 12.7. The van der Waals surface area contributed by atoms with Crippen LogP contribution in [0.4, 0.5) is 26.3 Å². The first-order chi connectivity index (χ1) is 13.4. The van der Waals surface area contributed by atoms with E-state index in [1.54, 1.807) is 0 Å². The lowest BCUT2D eigenvalue weighted by Crippen LogP contribution is -2.47. The van der Waals surface area contributed by atoms with Gasteiger partial charge in [-0.2, -0.15) is 26.3 Å². The third kappa shape index (κ3) is 6.87. The van der Waals surface area contributed by atoms with E-state index < -0.39 is 42.4 Å². The van der Waals surface area contributed by atoms with Crippen molar-refractivity contribution in [1.29, 1.82) is 0 Å².